The van der Waals surface area contributed by atoms with E-state index in [0.29, 0.717) is 0 Å². The summed E-state index contributed by atoms with van der Waals surface area (Å²) in [5, 5.41) is 14.2. The van der Waals surface area contributed by atoms with Crippen molar-refractivity contribution >= 4 is 27.3 Å². The molecule has 0 atom stereocenters. The summed E-state index contributed by atoms with van der Waals surface area (Å²) in [6.07, 6.45) is 6.81. The summed E-state index contributed by atoms with van der Waals surface area (Å²) in [4.78, 5) is 16.3. The van der Waals surface area contributed by atoms with Gasteiger partial charge in [-0.25, -0.2) is 0 Å². The smallest absolute Gasteiger partial charge is 0.162 e. The van der Waals surface area contributed by atoms with E-state index >= 15 is 0 Å². The summed E-state index contributed by atoms with van der Waals surface area (Å²) < 4.78 is 6.18. The number of nitrogens with zero attached hydrogens (tertiary/aromatic N) is 1. The normalized spacial score (nSPS) is 12.0. The molecular weight excluding hydrogens is 639 g/mol. The molecule has 0 saturated heterocycles. The fourth-order valence-electron chi connectivity index (χ4n) is 4.82. The number of allylic oxidation sites excluding steroid dienone is 2. The second-order valence-electron chi connectivity index (χ2n) is 9.20. The third-order valence-electron chi connectivity index (χ3n) is 7.08. The van der Waals surface area contributed by atoms with Crippen molar-refractivity contribution in [2.75, 3.05) is 0 Å². The van der Waals surface area contributed by atoms with Gasteiger partial charge in [-0.1, -0.05) is 74.9 Å². The predicted molar refractivity (Wildman–Crippen MR) is 147 cm³/mol. The first kappa shape index (κ1) is 28.6. The molecule has 3 aromatic carbocycles. The number of fused-ring (bicyclic) bond motifs is 4. The number of ether oxygens (including phenoxy) is 1. The first-order valence-electron chi connectivity index (χ1n) is 13.0. The summed E-state index contributed by atoms with van der Waals surface area (Å²) in [6, 6.07) is 21.6. The molecule has 0 aliphatic carbocycles. The summed E-state index contributed by atoms with van der Waals surface area (Å²) in [5.41, 5.74) is 1.90. The Hall–Kier alpha value is -3.01. The number of aliphatic hydroxyl groups excluding tert-OH is 1. The molecule has 1 radical (unpaired) electrons. The number of pyridine rings is 1. The fraction of sp³-hybridized carbons (Fsp3) is 0.312. The molecule has 0 bridgehead atoms. The van der Waals surface area contributed by atoms with E-state index in [4.69, 9.17) is 4.74 Å². The van der Waals surface area contributed by atoms with Crippen LogP contribution in [0.5, 0.6) is 11.5 Å². The second kappa shape index (κ2) is 13.0. The maximum absolute atomic E-state index is 11.7. The minimum atomic E-state index is 0. The number of benzene rings is 3. The summed E-state index contributed by atoms with van der Waals surface area (Å²) in [7, 11) is 0. The molecule has 4 aromatic rings. The van der Waals surface area contributed by atoms with Gasteiger partial charge in [0, 0.05) is 60.7 Å². The Morgan fingerprint density at radius 2 is 1.62 bits per heavy atom. The van der Waals surface area contributed by atoms with Crippen LogP contribution in [0.3, 0.4) is 0 Å². The van der Waals surface area contributed by atoms with Gasteiger partial charge in [0.1, 0.15) is 5.75 Å². The van der Waals surface area contributed by atoms with E-state index in [9.17, 15) is 9.90 Å². The molecule has 5 rings (SSSR count). The van der Waals surface area contributed by atoms with E-state index in [1.807, 2.05) is 64.2 Å². The van der Waals surface area contributed by atoms with Gasteiger partial charge < -0.3 is 14.8 Å². The number of hydrogen-bond acceptors (Lipinski definition) is 4. The first-order chi connectivity index (χ1) is 17.5. The zero-order chi connectivity index (χ0) is 25.7. The minimum Gasteiger partial charge on any atom is -0.512 e. The van der Waals surface area contributed by atoms with Gasteiger partial charge in [0.25, 0.3) is 0 Å². The van der Waals surface area contributed by atoms with Gasteiger partial charge in [-0.05, 0) is 31.7 Å². The van der Waals surface area contributed by atoms with E-state index in [-0.39, 0.29) is 43.5 Å². The van der Waals surface area contributed by atoms with Crippen LogP contribution in [-0.2, 0) is 24.9 Å². The molecule has 1 N–H and O–H groups in total. The minimum absolute atomic E-state index is 0. The molecule has 2 heterocycles. The van der Waals surface area contributed by atoms with Gasteiger partial charge in [0.2, 0.25) is 0 Å². The molecule has 0 fully saturated rings. The van der Waals surface area contributed by atoms with Crippen molar-refractivity contribution < 1.29 is 34.7 Å². The number of ketones is 1. The zero-order valence-corrected chi connectivity index (χ0v) is 24.3. The van der Waals surface area contributed by atoms with Crippen molar-refractivity contribution in [3.63, 3.8) is 0 Å². The third-order valence-corrected chi connectivity index (χ3v) is 7.08. The van der Waals surface area contributed by atoms with Crippen LogP contribution in [-0.4, -0.2) is 15.9 Å². The molecule has 37 heavy (non-hydrogen) atoms. The quantitative estimate of drug-likeness (QED) is 0.107. The van der Waals surface area contributed by atoms with Gasteiger partial charge >= 0.3 is 0 Å². The number of hydrogen-bond donors (Lipinski definition) is 1. The molecule has 195 valence electrons. The van der Waals surface area contributed by atoms with Crippen LogP contribution in [0, 0.1) is 17.9 Å². The van der Waals surface area contributed by atoms with Crippen LogP contribution in [0.4, 0.5) is 0 Å². The Labute approximate surface area is 233 Å². The van der Waals surface area contributed by atoms with E-state index in [1.54, 1.807) is 0 Å². The van der Waals surface area contributed by atoms with Crippen molar-refractivity contribution in [3.05, 3.63) is 78.7 Å². The van der Waals surface area contributed by atoms with Gasteiger partial charge in [0.15, 0.2) is 5.78 Å². The van der Waals surface area contributed by atoms with Crippen molar-refractivity contribution in [2.45, 2.75) is 53.4 Å². The van der Waals surface area contributed by atoms with E-state index in [0.717, 1.165) is 70.0 Å². The predicted octanol–water partition coefficient (Wildman–Crippen LogP) is 8.83. The molecule has 0 unspecified atom stereocenters. The summed E-state index contributed by atoms with van der Waals surface area (Å²) in [5.74, 6) is 2.26. The van der Waals surface area contributed by atoms with Gasteiger partial charge in [-0.2, -0.15) is 0 Å². The standard InChI is InChI=1S/C19H10NO.C13H24O2.Ir/c1-2-8-14-13(5-1)11-20-18-15-9-3-6-12-7-4-10-16(17(12)15)21-19(14)18;1-5-10(6-2)12(14)9-13(15)11(7-3)8-4;/h1-8,10-11H;9-11,14H,5-8H2,1-4H3;/q-1;;/b;12-9-;. The molecule has 0 amide bonds. The Balaban J connectivity index is 0.000000214. The molecular formula is C32H34IrNO3-. The zero-order valence-electron chi connectivity index (χ0n) is 21.9. The Morgan fingerprint density at radius 1 is 0.946 bits per heavy atom. The van der Waals surface area contributed by atoms with Crippen molar-refractivity contribution in [3.8, 4) is 22.8 Å². The van der Waals surface area contributed by atoms with Crippen LogP contribution in [0.15, 0.2) is 72.6 Å². The fourth-order valence-corrected chi connectivity index (χ4v) is 4.82. The maximum atomic E-state index is 11.7. The molecule has 1 aromatic heterocycles. The van der Waals surface area contributed by atoms with Crippen LogP contribution >= 0.6 is 0 Å². The van der Waals surface area contributed by atoms with Gasteiger partial charge in [-0.15, -0.1) is 23.8 Å². The second-order valence-corrected chi connectivity index (χ2v) is 9.20. The van der Waals surface area contributed by atoms with E-state index < -0.39 is 0 Å². The molecule has 0 spiro atoms. The van der Waals surface area contributed by atoms with Crippen molar-refractivity contribution in [2.24, 2.45) is 11.8 Å². The molecule has 5 heteroatoms. The van der Waals surface area contributed by atoms with Crippen LogP contribution in [0.1, 0.15) is 53.4 Å². The van der Waals surface area contributed by atoms with Crippen molar-refractivity contribution in [1.29, 1.82) is 0 Å². The first-order valence-corrected chi connectivity index (χ1v) is 13.0. The number of rotatable bonds is 7. The molecule has 4 nitrogen and oxygen atoms in total. The van der Waals surface area contributed by atoms with E-state index in [2.05, 4.69) is 35.3 Å². The Morgan fingerprint density at radius 3 is 2.32 bits per heavy atom. The Kier molecular flexibility index (Phi) is 10.0. The van der Waals surface area contributed by atoms with Crippen LogP contribution in [0.2, 0.25) is 0 Å². The van der Waals surface area contributed by atoms with Crippen LogP contribution < -0.4 is 4.74 Å². The number of carbonyl (C=O) groups excluding carboxylic acids is 1. The molecule has 1 aliphatic rings. The third kappa shape index (κ3) is 5.95. The van der Waals surface area contributed by atoms with E-state index in [1.165, 1.54) is 6.08 Å². The topological polar surface area (TPSA) is 59.4 Å². The summed E-state index contributed by atoms with van der Waals surface area (Å²) >= 11 is 0. The number of aromatic nitrogens is 1. The largest absolute Gasteiger partial charge is 0.512 e. The molecule has 1 aliphatic heterocycles. The van der Waals surface area contributed by atoms with Gasteiger partial charge in [-0.3, -0.25) is 4.79 Å². The number of aliphatic hydroxyl groups is 1. The van der Waals surface area contributed by atoms with Crippen LogP contribution in [0.25, 0.3) is 32.8 Å². The molecule has 0 saturated carbocycles. The number of carbonyl (C=O) groups is 1. The maximum Gasteiger partial charge on any atom is 0.162 e. The van der Waals surface area contributed by atoms with Gasteiger partial charge in [0.05, 0.1) is 11.5 Å². The SMILES string of the molecule is CCC(CC)C(=O)/C=C(\O)C(CC)CC.[Ir].[c-]1ccc2cccc3c2c1-c1ncc2ccccc2c1O3. The summed E-state index contributed by atoms with van der Waals surface area (Å²) in [6.45, 7) is 8.07. The van der Waals surface area contributed by atoms with Crippen molar-refractivity contribution in [1.82, 2.24) is 4.98 Å². The Bertz CT molecular complexity index is 1400. The average molecular weight is 673 g/mol. The monoisotopic (exact) mass is 673 g/mol. The average Bonchev–Trinajstić information content (AvgIpc) is 2.91.